The molecule has 2 atom stereocenters. The van der Waals surface area contributed by atoms with Crippen LogP contribution in [0.4, 0.5) is 17.1 Å². The highest BCUT2D eigenvalue weighted by Crippen LogP contribution is 2.66. The number of nitrogens with zero attached hydrogens (tertiary/aromatic N) is 1. The minimum atomic E-state index is -2.70. The van der Waals surface area contributed by atoms with Gasteiger partial charge in [-0.25, -0.2) is 0 Å². The van der Waals surface area contributed by atoms with Crippen LogP contribution in [0.2, 0.25) is 0 Å². The van der Waals surface area contributed by atoms with Gasteiger partial charge in [0.25, 0.3) is 0 Å². The smallest absolute Gasteiger partial charge is 0.182 e. The van der Waals surface area contributed by atoms with Crippen LogP contribution in [0.15, 0.2) is 198 Å². The molecule has 0 fully saturated rings. The summed E-state index contributed by atoms with van der Waals surface area (Å²) in [6.45, 7) is 4.48. The third kappa shape index (κ3) is 4.15. The van der Waals surface area contributed by atoms with E-state index < -0.39 is 13.5 Å². The van der Waals surface area contributed by atoms with Gasteiger partial charge in [0.15, 0.2) is 8.07 Å². The summed E-state index contributed by atoms with van der Waals surface area (Å²) in [5, 5.41) is 5.93. The summed E-state index contributed by atoms with van der Waals surface area (Å²) < 4.78 is 7.29. The van der Waals surface area contributed by atoms with Crippen molar-refractivity contribution in [2.75, 3.05) is 4.90 Å². The van der Waals surface area contributed by atoms with Gasteiger partial charge in [0, 0.05) is 27.0 Å². The number of benzene rings is 8. The predicted octanol–water partition coefficient (Wildman–Crippen LogP) is 11.2. The van der Waals surface area contributed by atoms with Gasteiger partial charge in [0.05, 0.1) is 16.8 Å². The van der Waals surface area contributed by atoms with E-state index in [1.165, 1.54) is 103 Å². The number of allylic oxidation sites excluding steroid dienone is 2. The first-order valence-electron chi connectivity index (χ1n) is 21.5. The maximum absolute atomic E-state index is 7.29. The highest BCUT2D eigenvalue weighted by atomic mass is 32.2. The van der Waals surface area contributed by atoms with Crippen molar-refractivity contribution in [3.8, 4) is 28.0 Å². The number of hydrogen-bond donors (Lipinski definition) is 0. The van der Waals surface area contributed by atoms with Crippen molar-refractivity contribution in [1.82, 2.24) is 0 Å². The summed E-state index contributed by atoms with van der Waals surface area (Å²) in [5.41, 5.74) is 17.4. The van der Waals surface area contributed by atoms with E-state index >= 15 is 0 Å². The van der Waals surface area contributed by atoms with Gasteiger partial charge >= 0.3 is 0 Å². The molecule has 1 aliphatic carbocycles. The second kappa shape index (κ2) is 12.0. The number of ether oxygens (including phenoxy) is 1. The lowest BCUT2D eigenvalue weighted by molar-refractivity contribution is 0.269. The molecule has 0 aromatic heterocycles. The van der Waals surface area contributed by atoms with Crippen molar-refractivity contribution < 1.29 is 4.74 Å². The quantitative estimate of drug-likeness (QED) is 0.153. The van der Waals surface area contributed by atoms with E-state index in [1.54, 1.807) is 0 Å². The fourth-order valence-electron chi connectivity index (χ4n) is 12.3. The highest BCUT2D eigenvalue weighted by Gasteiger charge is 2.56. The van der Waals surface area contributed by atoms with Crippen molar-refractivity contribution in [3.05, 3.63) is 227 Å². The molecule has 2 unspecified atom stereocenters. The molecule has 0 saturated carbocycles. The summed E-state index contributed by atoms with van der Waals surface area (Å²) in [6.07, 6.45) is 8.84. The lowest BCUT2D eigenvalue weighted by atomic mass is 9.61. The minimum absolute atomic E-state index is 0.0517. The fraction of sp³-hybridized carbons (Fsp3) is 0.0877. The van der Waals surface area contributed by atoms with Crippen molar-refractivity contribution in [2.45, 2.75) is 41.1 Å². The zero-order chi connectivity index (χ0) is 40.2. The number of aryl methyl sites for hydroxylation is 2. The summed E-state index contributed by atoms with van der Waals surface area (Å²) in [6, 6.07) is 63.4. The van der Waals surface area contributed by atoms with E-state index in [2.05, 4.69) is 207 Å². The predicted molar refractivity (Wildman–Crippen MR) is 254 cm³/mol. The fourth-order valence-corrected chi connectivity index (χ4v) is 19.0. The lowest BCUT2D eigenvalue weighted by Gasteiger charge is -2.49. The standard InChI is InChI=1S/C57H39NOSSi/c1-34-23-29-49-45(31-34)57(46-32-35(2)24-30-50(46)60-49)43-17-7-8-18-47(43)58(55-44(57)28-27-42-37-13-3-9-19-48(37)59-56(42)55)36-25-26-41-40-16-6-12-22-53(40)61(54(41)33-36)51-20-10-4-14-38(51)39-15-5-11-21-52(39)61/h3-33,37,48H,1-2H3. The Morgan fingerprint density at radius 2 is 1.11 bits per heavy atom. The minimum Gasteiger partial charge on any atom is -0.483 e. The Bertz CT molecular complexity index is 3230. The lowest BCUT2D eigenvalue weighted by Crippen LogP contribution is -2.70. The van der Waals surface area contributed by atoms with E-state index in [4.69, 9.17) is 4.74 Å². The van der Waals surface area contributed by atoms with Gasteiger partial charge < -0.3 is 9.64 Å². The summed E-state index contributed by atoms with van der Waals surface area (Å²) in [7, 11) is -2.70. The van der Waals surface area contributed by atoms with Crippen LogP contribution in [0.3, 0.4) is 0 Å². The van der Waals surface area contributed by atoms with E-state index in [0.29, 0.717) is 0 Å². The molecule has 5 heterocycles. The van der Waals surface area contributed by atoms with Crippen LogP contribution in [-0.4, -0.2) is 14.2 Å². The van der Waals surface area contributed by atoms with Crippen LogP contribution in [0.1, 0.15) is 44.9 Å². The summed E-state index contributed by atoms with van der Waals surface area (Å²) in [5.74, 6) is 1.15. The molecule has 0 bridgehead atoms. The Balaban J connectivity index is 1.11. The monoisotopic (exact) mass is 813 g/mol. The molecule has 8 aromatic rings. The van der Waals surface area contributed by atoms with Crippen LogP contribution < -0.4 is 30.4 Å². The molecule has 8 aromatic carbocycles. The molecule has 14 rings (SSSR count). The van der Waals surface area contributed by atoms with Crippen LogP contribution >= 0.6 is 11.8 Å². The maximum Gasteiger partial charge on any atom is 0.182 e. The third-order valence-electron chi connectivity index (χ3n) is 14.6. The third-order valence-corrected chi connectivity index (χ3v) is 20.7. The normalized spacial score (nSPS) is 18.8. The second-order valence-electron chi connectivity index (χ2n) is 17.6. The molecule has 2 spiro atoms. The Morgan fingerprint density at radius 1 is 0.525 bits per heavy atom. The molecule has 0 saturated heterocycles. The van der Waals surface area contributed by atoms with Gasteiger partial charge in [-0.05, 0) is 116 Å². The topological polar surface area (TPSA) is 12.5 Å². The second-order valence-corrected chi connectivity index (χ2v) is 22.3. The first-order chi connectivity index (χ1) is 30.1. The highest BCUT2D eigenvalue weighted by molar-refractivity contribution is 7.99. The van der Waals surface area contributed by atoms with Crippen LogP contribution in [0.25, 0.3) is 22.3 Å². The van der Waals surface area contributed by atoms with E-state index in [9.17, 15) is 0 Å². The van der Waals surface area contributed by atoms with Crippen LogP contribution in [0, 0.1) is 13.8 Å². The molecule has 0 amide bonds. The van der Waals surface area contributed by atoms with Gasteiger partial charge in [0.1, 0.15) is 11.9 Å². The molecule has 0 N–H and O–H groups in total. The van der Waals surface area contributed by atoms with Crippen molar-refractivity contribution in [1.29, 1.82) is 0 Å². The zero-order valence-electron chi connectivity index (χ0n) is 33.8. The SMILES string of the molecule is Cc1ccc2c(c1)C1(c3cc(C)ccc3S2)c2ccccc2N(c2ccc3c(c2)[Si]2(c4ccccc4-c4ccccc42)c2ccccc2-3)c2c1ccc1c2OC2C=CC=CC12. The largest absolute Gasteiger partial charge is 0.483 e. The molecular weight excluding hydrogens is 775 g/mol. The summed E-state index contributed by atoms with van der Waals surface area (Å²) in [4.78, 5) is 5.20. The molecule has 61 heavy (non-hydrogen) atoms. The molecule has 0 radical (unpaired) electrons. The van der Waals surface area contributed by atoms with Gasteiger partial charge in [-0.1, -0.05) is 175 Å². The van der Waals surface area contributed by atoms with Crippen LogP contribution in [0.5, 0.6) is 5.75 Å². The molecule has 6 aliphatic rings. The first-order valence-corrected chi connectivity index (χ1v) is 24.3. The first kappa shape index (κ1) is 34.2. The molecule has 288 valence electrons. The van der Waals surface area contributed by atoms with Crippen molar-refractivity contribution >= 4 is 57.6 Å². The van der Waals surface area contributed by atoms with E-state index in [0.717, 1.165) is 11.4 Å². The van der Waals surface area contributed by atoms with E-state index in [1.807, 2.05) is 11.8 Å². The average Bonchev–Trinajstić information content (AvgIpc) is 3.93. The zero-order valence-corrected chi connectivity index (χ0v) is 35.6. The van der Waals surface area contributed by atoms with Crippen molar-refractivity contribution in [3.63, 3.8) is 0 Å². The Hall–Kier alpha value is -6.59. The van der Waals surface area contributed by atoms with Crippen LogP contribution in [-0.2, 0) is 5.41 Å². The summed E-state index contributed by atoms with van der Waals surface area (Å²) >= 11 is 1.90. The van der Waals surface area contributed by atoms with E-state index in [-0.39, 0.29) is 12.0 Å². The number of hydrogen-bond acceptors (Lipinski definition) is 3. The molecule has 4 heteroatoms. The van der Waals surface area contributed by atoms with Gasteiger partial charge in [-0.3, -0.25) is 0 Å². The van der Waals surface area contributed by atoms with Crippen molar-refractivity contribution in [2.24, 2.45) is 0 Å². The molecule has 2 nitrogen and oxygen atoms in total. The molecule has 5 aliphatic heterocycles. The number of fused-ring (bicyclic) bond motifs is 22. The Labute approximate surface area is 361 Å². The Morgan fingerprint density at radius 3 is 1.79 bits per heavy atom. The average molecular weight is 814 g/mol. The van der Waals surface area contributed by atoms with Gasteiger partial charge in [0.2, 0.25) is 0 Å². The number of rotatable bonds is 1. The molecular formula is C57H39NOSSi. The number of anilines is 3. The van der Waals surface area contributed by atoms with Gasteiger partial charge in [-0.2, -0.15) is 0 Å². The van der Waals surface area contributed by atoms with Gasteiger partial charge in [-0.15, -0.1) is 0 Å². The Kier molecular flexibility index (Phi) is 6.74. The number of para-hydroxylation sites is 1. The maximum atomic E-state index is 7.29.